The fourth-order valence-electron chi connectivity index (χ4n) is 3.12. The van der Waals surface area contributed by atoms with Crippen molar-refractivity contribution in [3.05, 3.63) is 77.2 Å². The van der Waals surface area contributed by atoms with Gasteiger partial charge in [0.25, 0.3) is 0 Å². The highest BCUT2D eigenvalue weighted by atomic mass is 16.2. The van der Waals surface area contributed by atoms with Gasteiger partial charge in [-0.25, -0.2) is 14.5 Å². The minimum absolute atomic E-state index is 0.0577. The molecule has 2 aromatic carbocycles. The summed E-state index contributed by atoms with van der Waals surface area (Å²) in [5, 5.41) is 7.00. The van der Waals surface area contributed by atoms with Gasteiger partial charge in [-0.15, -0.1) is 0 Å². The molecule has 0 radical (unpaired) electrons. The smallest absolute Gasteiger partial charge is 0.324 e. The maximum Gasteiger partial charge on any atom is 0.329 e. The quantitative estimate of drug-likeness (QED) is 0.584. The molecule has 0 aliphatic heterocycles. The summed E-state index contributed by atoms with van der Waals surface area (Å²) in [5.74, 6) is -0.264. The summed E-state index contributed by atoms with van der Waals surface area (Å²) in [4.78, 5) is 29.0. The number of benzene rings is 2. The van der Waals surface area contributed by atoms with E-state index in [1.165, 1.54) is 10.9 Å². The van der Waals surface area contributed by atoms with Gasteiger partial charge in [0.2, 0.25) is 5.91 Å². The number of aryl methyl sites for hydroxylation is 1. The average molecular weight is 362 g/mol. The van der Waals surface area contributed by atoms with Crippen LogP contribution in [0.3, 0.4) is 0 Å². The number of fused-ring (bicyclic) bond motifs is 1. The second kappa shape index (κ2) is 6.91. The number of imidazole rings is 1. The number of aromatic nitrogens is 5. The Labute approximate surface area is 154 Å². The summed E-state index contributed by atoms with van der Waals surface area (Å²) in [7, 11) is 1.70. The van der Waals surface area contributed by atoms with Gasteiger partial charge in [0.1, 0.15) is 19.2 Å². The Morgan fingerprint density at radius 1 is 1.07 bits per heavy atom. The summed E-state index contributed by atoms with van der Waals surface area (Å²) >= 11 is 0. The van der Waals surface area contributed by atoms with Crippen molar-refractivity contribution in [3.63, 3.8) is 0 Å². The number of hydrogen-bond acceptors (Lipinski definition) is 4. The molecule has 1 amide bonds. The monoisotopic (exact) mass is 362 g/mol. The van der Waals surface area contributed by atoms with E-state index in [-0.39, 0.29) is 18.1 Å². The minimum Gasteiger partial charge on any atom is -0.324 e. The molecule has 1 N–H and O–H groups in total. The number of nitrogens with zero attached hydrogens (tertiary/aromatic N) is 5. The standard InChI is InChI=1S/C19H18N6O2/c1-23-16-8-4-5-9-17(16)25(19(23)27)11-18(26)22-15-7-3-2-6-14(15)10-24-13-20-12-21-24/h2-9,12-13H,10-11H2,1H3,(H,22,26). The van der Waals surface area contributed by atoms with Gasteiger partial charge in [0, 0.05) is 12.7 Å². The molecule has 0 aliphatic rings. The van der Waals surface area contributed by atoms with E-state index in [1.54, 1.807) is 22.6 Å². The van der Waals surface area contributed by atoms with Gasteiger partial charge in [0.05, 0.1) is 17.6 Å². The van der Waals surface area contributed by atoms with Crippen LogP contribution < -0.4 is 11.0 Å². The summed E-state index contributed by atoms with van der Waals surface area (Å²) < 4.78 is 4.70. The number of nitrogens with one attached hydrogen (secondary N) is 1. The number of carbonyl (C=O) groups excluding carboxylic acids is 1. The topological polar surface area (TPSA) is 86.7 Å². The van der Waals surface area contributed by atoms with E-state index in [9.17, 15) is 9.59 Å². The molecule has 0 spiro atoms. The van der Waals surface area contributed by atoms with E-state index >= 15 is 0 Å². The molecule has 0 saturated carbocycles. The maximum absolute atomic E-state index is 12.6. The van der Waals surface area contributed by atoms with Crippen molar-refractivity contribution in [2.75, 3.05) is 5.32 Å². The van der Waals surface area contributed by atoms with Gasteiger partial charge in [-0.1, -0.05) is 30.3 Å². The lowest BCUT2D eigenvalue weighted by Crippen LogP contribution is -2.28. The third-order valence-electron chi connectivity index (χ3n) is 4.44. The van der Waals surface area contributed by atoms with E-state index in [0.717, 1.165) is 16.6 Å². The first-order valence-electron chi connectivity index (χ1n) is 8.48. The van der Waals surface area contributed by atoms with Crippen molar-refractivity contribution in [3.8, 4) is 0 Å². The Hall–Kier alpha value is -3.68. The van der Waals surface area contributed by atoms with Crippen LogP contribution in [0.4, 0.5) is 5.69 Å². The van der Waals surface area contributed by atoms with Gasteiger partial charge >= 0.3 is 5.69 Å². The first-order chi connectivity index (χ1) is 13.1. The van der Waals surface area contributed by atoms with Crippen molar-refractivity contribution in [2.24, 2.45) is 7.05 Å². The number of hydrogen-bond donors (Lipinski definition) is 1. The second-order valence-corrected chi connectivity index (χ2v) is 6.21. The zero-order chi connectivity index (χ0) is 18.8. The zero-order valence-electron chi connectivity index (χ0n) is 14.7. The predicted molar refractivity (Wildman–Crippen MR) is 101 cm³/mol. The van der Waals surface area contributed by atoms with E-state index in [0.29, 0.717) is 12.2 Å². The molecule has 0 bridgehead atoms. The molecule has 136 valence electrons. The Kier molecular flexibility index (Phi) is 4.29. The number of anilines is 1. The van der Waals surface area contributed by atoms with Gasteiger partial charge in [-0.05, 0) is 23.8 Å². The van der Waals surface area contributed by atoms with Crippen LogP contribution in [-0.4, -0.2) is 29.8 Å². The molecular weight excluding hydrogens is 344 g/mol. The zero-order valence-corrected chi connectivity index (χ0v) is 14.7. The molecule has 2 aromatic heterocycles. The molecule has 0 aliphatic carbocycles. The van der Waals surface area contributed by atoms with Gasteiger partial charge in [-0.2, -0.15) is 5.10 Å². The lowest BCUT2D eigenvalue weighted by Gasteiger charge is -2.11. The summed E-state index contributed by atoms with van der Waals surface area (Å²) in [6.07, 6.45) is 3.09. The van der Waals surface area contributed by atoms with Crippen LogP contribution >= 0.6 is 0 Å². The minimum atomic E-state index is -0.264. The Morgan fingerprint density at radius 3 is 2.59 bits per heavy atom. The van der Waals surface area contributed by atoms with E-state index in [1.807, 2.05) is 48.5 Å². The molecular formula is C19H18N6O2. The molecule has 0 fully saturated rings. The molecule has 4 aromatic rings. The summed E-state index contributed by atoms with van der Waals surface area (Å²) in [5.41, 5.74) is 2.90. The van der Waals surface area contributed by atoms with E-state index in [4.69, 9.17) is 0 Å². The first-order valence-corrected chi connectivity index (χ1v) is 8.48. The van der Waals surface area contributed by atoms with Crippen molar-refractivity contribution < 1.29 is 4.79 Å². The van der Waals surface area contributed by atoms with Crippen LogP contribution in [0.5, 0.6) is 0 Å². The molecule has 4 rings (SSSR count). The lowest BCUT2D eigenvalue weighted by atomic mass is 10.1. The van der Waals surface area contributed by atoms with Crippen LogP contribution in [0, 0.1) is 0 Å². The Morgan fingerprint density at radius 2 is 1.81 bits per heavy atom. The Balaban J connectivity index is 1.58. The molecule has 8 heteroatoms. The summed E-state index contributed by atoms with van der Waals surface area (Å²) in [6.45, 7) is 0.433. The van der Waals surface area contributed by atoms with E-state index in [2.05, 4.69) is 15.4 Å². The third kappa shape index (κ3) is 3.24. The highest BCUT2D eigenvalue weighted by molar-refractivity contribution is 5.92. The fraction of sp³-hybridized carbons (Fsp3) is 0.158. The van der Waals surface area contributed by atoms with Crippen LogP contribution in [0.1, 0.15) is 5.56 Å². The maximum atomic E-state index is 12.6. The Bertz CT molecular complexity index is 1160. The average Bonchev–Trinajstić information content (AvgIpc) is 3.27. The highest BCUT2D eigenvalue weighted by Crippen LogP contribution is 2.17. The fourth-order valence-corrected chi connectivity index (χ4v) is 3.12. The number of carbonyl (C=O) groups is 1. The molecule has 0 unspecified atom stereocenters. The summed E-state index contributed by atoms with van der Waals surface area (Å²) in [6, 6.07) is 14.9. The van der Waals surface area contributed by atoms with Crippen molar-refractivity contribution in [1.82, 2.24) is 23.9 Å². The van der Waals surface area contributed by atoms with Crippen LogP contribution in [0.25, 0.3) is 11.0 Å². The highest BCUT2D eigenvalue weighted by Gasteiger charge is 2.14. The number of amides is 1. The van der Waals surface area contributed by atoms with Crippen LogP contribution in [-0.2, 0) is 24.9 Å². The van der Waals surface area contributed by atoms with Gasteiger partial charge < -0.3 is 5.32 Å². The molecule has 2 heterocycles. The van der Waals surface area contributed by atoms with Crippen molar-refractivity contribution in [2.45, 2.75) is 13.1 Å². The van der Waals surface area contributed by atoms with Gasteiger partial charge in [0.15, 0.2) is 0 Å². The third-order valence-corrected chi connectivity index (χ3v) is 4.44. The lowest BCUT2D eigenvalue weighted by molar-refractivity contribution is -0.116. The normalized spacial score (nSPS) is 11.0. The molecule has 27 heavy (non-hydrogen) atoms. The number of rotatable bonds is 5. The van der Waals surface area contributed by atoms with Crippen molar-refractivity contribution >= 4 is 22.6 Å². The second-order valence-electron chi connectivity index (χ2n) is 6.21. The molecule has 8 nitrogen and oxygen atoms in total. The molecule has 0 atom stereocenters. The number of para-hydroxylation sites is 3. The van der Waals surface area contributed by atoms with Crippen LogP contribution in [0.15, 0.2) is 66.0 Å². The van der Waals surface area contributed by atoms with Crippen LogP contribution in [0.2, 0.25) is 0 Å². The SMILES string of the molecule is Cn1c(=O)n(CC(=O)Nc2ccccc2Cn2cncn2)c2ccccc21. The van der Waals surface area contributed by atoms with E-state index < -0.39 is 0 Å². The predicted octanol–water partition coefficient (Wildman–Crippen LogP) is 1.62. The first kappa shape index (κ1) is 16.8. The van der Waals surface area contributed by atoms with Crippen molar-refractivity contribution in [1.29, 1.82) is 0 Å². The van der Waals surface area contributed by atoms with Gasteiger partial charge in [-0.3, -0.25) is 13.9 Å². The molecule has 0 saturated heterocycles. The largest absolute Gasteiger partial charge is 0.329 e.